The van der Waals surface area contributed by atoms with Crippen molar-refractivity contribution in [3.63, 3.8) is 0 Å². The summed E-state index contributed by atoms with van der Waals surface area (Å²) in [5.74, 6) is -0.558. The van der Waals surface area contributed by atoms with Crippen LogP contribution in [0.25, 0.3) is 0 Å². The molecular weight excluding hydrogens is 519 g/mol. The Balaban J connectivity index is 2.06. The first-order valence-corrected chi connectivity index (χ1v) is 11.4. The van der Waals surface area contributed by atoms with Crippen molar-refractivity contribution < 1.29 is 24.6 Å². The molecular formula is C21H23IN2O5S. The lowest BCUT2D eigenvalue weighted by Crippen LogP contribution is -2.18. The first-order chi connectivity index (χ1) is 14.4. The number of allylic oxidation sites excluding steroid dienone is 1. The summed E-state index contributed by atoms with van der Waals surface area (Å²) in [7, 11) is 0. The van der Waals surface area contributed by atoms with Crippen LogP contribution in [0.4, 0.5) is 10.5 Å². The van der Waals surface area contributed by atoms with Gasteiger partial charge in [0, 0.05) is 25.8 Å². The third kappa shape index (κ3) is 7.88. The summed E-state index contributed by atoms with van der Waals surface area (Å²) < 4.78 is 6.52. The molecule has 2 rings (SSSR count). The Morgan fingerprint density at radius 3 is 2.63 bits per heavy atom. The van der Waals surface area contributed by atoms with Gasteiger partial charge in [-0.1, -0.05) is 6.08 Å². The zero-order chi connectivity index (χ0) is 21.9. The van der Waals surface area contributed by atoms with Crippen LogP contribution in [0.1, 0.15) is 30.9 Å². The first kappa shape index (κ1) is 24.0. The summed E-state index contributed by atoms with van der Waals surface area (Å²) in [6, 6.07) is 12.5. The number of phenols is 1. The summed E-state index contributed by atoms with van der Waals surface area (Å²) in [6.07, 6.45) is 5.11. The van der Waals surface area contributed by atoms with Gasteiger partial charge in [0.2, 0.25) is 0 Å². The van der Waals surface area contributed by atoms with Gasteiger partial charge in [0.25, 0.3) is 5.91 Å². The lowest BCUT2D eigenvalue weighted by atomic mass is 10.0. The van der Waals surface area contributed by atoms with E-state index in [9.17, 15) is 14.7 Å². The average Bonchev–Trinajstić information content (AvgIpc) is 2.74. The Hall–Kier alpha value is -2.24. The SMILES string of the molecule is CSc1ccc(NC(=O)O[C@H](CCC/C=C/C(=O)NO)c2cc(I)ccc2O)cc1. The minimum absolute atomic E-state index is 0.0488. The quantitative estimate of drug-likeness (QED) is 0.0863. The highest BCUT2D eigenvalue weighted by Gasteiger charge is 2.20. The number of hydrogen-bond acceptors (Lipinski definition) is 6. The summed E-state index contributed by atoms with van der Waals surface area (Å²) in [6.45, 7) is 0. The highest BCUT2D eigenvalue weighted by atomic mass is 127. The maximum Gasteiger partial charge on any atom is 0.412 e. The Labute approximate surface area is 193 Å². The predicted octanol–water partition coefficient (Wildman–Crippen LogP) is 5.24. The normalized spacial score (nSPS) is 11.8. The Bertz CT molecular complexity index is 889. The van der Waals surface area contributed by atoms with E-state index in [-0.39, 0.29) is 5.75 Å². The molecule has 30 heavy (non-hydrogen) atoms. The molecule has 2 aromatic rings. The largest absolute Gasteiger partial charge is 0.508 e. The van der Waals surface area contributed by atoms with Crippen molar-refractivity contribution in [3.8, 4) is 5.75 Å². The molecule has 0 saturated heterocycles. The van der Waals surface area contributed by atoms with Gasteiger partial charge in [-0.05, 0) is 90.6 Å². The molecule has 0 saturated carbocycles. The van der Waals surface area contributed by atoms with E-state index in [1.54, 1.807) is 48.2 Å². The second-order valence-corrected chi connectivity index (χ2v) is 8.39. The standard InChI is InChI=1S/C21H23IN2O5S/c1-30-16-10-8-15(9-11-16)23-21(27)29-19(5-3-2-4-6-20(26)24-28)17-13-14(22)7-12-18(17)25/h4,6-13,19,25,28H,2-3,5H2,1H3,(H,23,27)(H,24,26)/b6-4+/t19-/m1/s1. The maximum absolute atomic E-state index is 12.4. The maximum atomic E-state index is 12.4. The number of amides is 2. The average molecular weight is 542 g/mol. The van der Waals surface area contributed by atoms with Crippen LogP contribution in [0.5, 0.6) is 5.75 Å². The Kier molecular flexibility index (Phi) is 9.98. The fourth-order valence-corrected chi connectivity index (χ4v) is 3.58. The minimum Gasteiger partial charge on any atom is -0.508 e. The minimum atomic E-state index is -0.662. The number of hydroxylamine groups is 1. The highest BCUT2D eigenvalue weighted by Crippen LogP contribution is 2.32. The number of carbonyl (C=O) groups is 2. The van der Waals surface area contributed by atoms with Gasteiger partial charge >= 0.3 is 6.09 Å². The topological polar surface area (TPSA) is 108 Å². The number of thioether (sulfide) groups is 1. The number of benzene rings is 2. The third-order valence-corrected chi connectivity index (χ3v) is 5.55. The first-order valence-electron chi connectivity index (χ1n) is 9.13. The van der Waals surface area contributed by atoms with Crippen molar-refractivity contribution in [2.75, 3.05) is 11.6 Å². The molecule has 0 bridgehead atoms. The zero-order valence-electron chi connectivity index (χ0n) is 16.3. The van der Waals surface area contributed by atoms with Gasteiger partial charge in [0.15, 0.2) is 0 Å². The van der Waals surface area contributed by atoms with Gasteiger partial charge in [-0.2, -0.15) is 0 Å². The van der Waals surface area contributed by atoms with E-state index in [2.05, 4.69) is 27.9 Å². The van der Waals surface area contributed by atoms with Crippen LogP contribution in [-0.2, 0) is 9.53 Å². The molecule has 0 unspecified atom stereocenters. The molecule has 0 aromatic heterocycles. The molecule has 0 aliphatic carbocycles. The Morgan fingerprint density at radius 2 is 1.97 bits per heavy atom. The predicted molar refractivity (Wildman–Crippen MR) is 125 cm³/mol. The van der Waals surface area contributed by atoms with Crippen molar-refractivity contribution in [2.24, 2.45) is 0 Å². The molecule has 0 aliphatic heterocycles. The van der Waals surface area contributed by atoms with E-state index in [4.69, 9.17) is 9.94 Å². The van der Waals surface area contributed by atoms with Crippen LogP contribution in [0.2, 0.25) is 0 Å². The molecule has 0 aliphatic rings. The lowest BCUT2D eigenvalue weighted by molar-refractivity contribution is -0.124. The van der Waals surface area contributed by atoms with Crippen LogP contribution in [-0.4, -0.2) is 28.6 Å². The van der Waals surface area contributed by atoms with Crippen LogP contribution in [0.3, 0.4) is 0 Å². The third-order valence-electron chi connectivity index (χ3n) is 4.14. The number of hydrogen-bond donors (Lipinski definition) is 4. The molecule has 1 atom stereocenters. The van der Waals surface area contributed by atoms with E-state index in [0.29, 0.717) is 30.5 Å². The molecule has 0 spiro atoms. The number of rotatable bonds is 9. The number of unbranched alkanes of at least 4 members (excludes halogenated alkanes) is 1. The summed E-state index contributed by atoms with van der Waals surface area (Å²) in [4.78, 5) is 24.5. The number of phenolic OH excluding ortho intramolecular Hbond substituents is 1. The summed E-state index contributed by atoms with van der Waals surface area (Å²) >= 11 is 3.73. The van der Waals surface area contributed by atoms with Crippen molar-refractivity contribution in [1.29, 1.82) is 0 Å². The van der Waals surface area contributed by atoms with Gasteiger partial charge in [-0.3, -0.25) is 15.3 Å². The van der Waals surface area contributed by atoms with Crippen LogP contribution >= 0.6 is 34.4 Å². The number of ether oxygens (including phenoxy) is 1. The summed E-state index contributed by atoms with van der Waals surface area (Å²) in [5, 5.41) is 21.5. The van der Waals surface area contributed by atoms with Crippen molar-refractivity contribution in [3.05, 3.63) is 63.8 Å². The molecule has 2 aromatic carbocycles. The summed E-state index contributed by atoms with van der Waals surface area (Å²) in [5.41, 5.74) is 2.65. The van der Waals surface area contributed by atoms with Crippen molar-refractivity contribution >= 4 is 52.0 Å². The second kappa shape index (κ2) is 12.5. The number of aromatic hydroxyl groups is 1. The van der Waals surface area contributed by atoms with E-state index >= 15 is 0 Å². The van der Waals surface area contributed by atoms with E-state index in [1.807, 2.05) is 18.4 Å². The van der Waals surface area contributed by atoms with Gasteiger partial charge in [0.1, 0.15) is 11.9 Å². The van der Waals surface area contributed by atoms with E-state index in [0.717, 1.165) is 8.47 Å². The number of anilines is 1. The number of carbonyl (C=O) groups excluding carboxylic acids is 2. The molecule has 9 heteroatoms. The van der Waals surface area contributed by atoms with Gasteiger partial charge in [-0.25, -0.2) is 10.3 Å². The molecule has 0 radical (unpaired) electrons. The van der Waals surface area contributed by atoms with Gasteiger partial charge in [-0.15, -0.1) is 11.8 Å². The molecule has 160 valence electrons. The molecule has 2 amide bonds. The lowest BCUT2D eigenvalue weighted by Gasteiger charge is -2.20. The highest BCUT2D eigenvalue weighted by molar-refractivity contribution is 14.1. The number of nitrogens with one attached hydrogen (secondary N) is 2. The van der Waals surface area contributed by atoms with E-state index < -0.39 is 18.1 Å². The van der Waals surface area contributed by atoms with E-state index in [1.165, 1.54) is 11.6 Å². The van der Waals surface area contributed by atoms with Crippen molar-refractivity contribution in [1.82, 2.24) is 5.48 Å². The second-order valence-electron chi connectivity index (χ2n) is 6.26. The van der Waals surface area contributed by atoms with Gasteiger partial charge < -0.3 is 9.84 Å². The smallest absolute Gasteiger partial charge is 0.412 e. The monoisotopic (exact) mass is 542 g/mol. The molecule has 0 heterocycles. The van der Waals surface area contributed by atoms with Gasteiger partial charge in [0.05, 0.1) is 0 Å². The van der Waals surface area contributed by atoms with Crippen LogP contribution < -0.4 is 10.8 Å². The molecule has 7 nitrogen and oxygen atoms in total. The zero-order valence-corrected chi connectivity index (χ0v) is 19.3. The van der Waals surface area contributed by atoms with Crippen molar-refractivity contribution in [2.45, 2.75) is 30.3 Å². The molecule has 4 N–H and O–H groups in total. The fourth-order valence-electron chi connectivity index (χ4n) is 2.66. The van der Waals surface area contributed by atoms with Crippen LogP contribution in [0, 0.1) is 3.57 Å². The Morgan fingerprint density at radius 1 is 1.23 bits per heavy atom. The number of halogens is 1. The molecule has 0 fully saturated rings. The fraction of sp³-hybridized carbons (Fsp3) is 0.238. The van der Waals surface area contributed by atoms with Crippen LogP contribution in [0.15, 0.2) is 59.5 Å².